The van der Waals surface area contributed by atoms with E-state index in [1.54, 1.807) is 7.11 Å². The van der Waals surface area contributed by atoms with Crippen molar-refractivity contribution in [1.29, 1.82) is 0 Å². The van der Waals surface area contributed by atoms with Crippen LogP contribution in [0, 0.1) is 11.3 Å². The fourth-order valence-electron chi connectivity index (χ4n) is 4.38. The average molecular weight is 400 g/mol. The van der Waals surface area contributed by atoms with E-state index in [0.29, 0.717) is 29.4 Å². The lowest BCUT2D eigenvalue weighted by Crippen LogP contribution is -2.32. The fourth-order valence-corrected chi connectivity index (χ4v) is 4.38. The minimum atomic E-state index is -0.610. The number of allylic oxidation sites excluding steroid dienone is 2. The van der Waals surface area contributed by atoms with Gasteiger partial charge in [-0.25, -0.2) is 0 Å². The Labute approximate surface area is 169 Å². The second kappa shape index (κ2) is 7.06. The zero-order valence-corrected chi connectivity index (χ0v) is 16.9. The van der Waals surface area contributed by atoms with Crippen molar-refractivity contribution < 1.29 is 33.2 Å². The smallest absolute Gasteiger partial charge is 0.265 e. The Morgan fingerprint density at radius 3 is 2.66 bits per heavy atom. The SMILES string of the molecule is C=CC[C@]12C=C(OC)C(=O)C(OC)=C1O[C@@H](c1cc(OC)c3c(c1)OCO3)[C@H]2C. The molecule has 29 heavy (non-hydrogen) atoms. The highest BCUT2D eigenvalue weighted by Gasteiger charge is 2.56. The molecule has 0 radical (unpaired) electrons. The molecule has 2 heterocycles. The number of ether oxygens (including phenoxy) is 6. The molecule has 1 saturated heterocycles. The van der Waals surface area contributed by atoms with Crippen molar-refractivity contribution in [2.24, 2.45) is 11.3 Å². The van der Waals surface area contributed by atoms with Crippen LogP contribution >= 0.6 is 0 Å². The van der Waals surface area contributed by atoms with Gasteiger partial charge in [-0.3, -0.25) is 4.79 Å². The summed E-state index contributed by atoms with van der Waals surface area (Å²) in [5, 5.41) is 0. The maximum absolute atomic E-state index is 12.7. The van der Waals surface area contributed by atoms with Gasteiger partial charge in [-0.15, -0.1) is 6.58 Å². The van der Waals surface area contributed by atoms with Gasteiger partial charge >= 0.3 is 0 Å². The van der Waals surface area contributed by atoms with E-state index in [9.17, 15) is 4.79 Å². The molecule has 2 aliphatic heterocycles. The summed E-state index contributed by atoms with van der Waals surface area (Å²) in [6.07, 6.45) is 3.85. The van der Waals surface area contributed by atoms with E-state index in [1.165, 1.54) is 14.2 Å². The highest BCUT2D eigenvalue weighted by molar-refractivity contribution is 6.07. The zero-order chi connectivity index (χ0) is 20.8. The quantitative estimate of drug-likeness (QED) is 0.675. The largest absolute Gasteiger partial charge is 0.493 e. The molecule has 0 bridgehead atoms. The number of carbonyl (C=O) groups is 1. The van der Waals surface area contributed by atoms with Gasteiger partial charge in [0.25, 0.3) is 5.78 Å². The summed E-state index contributed by atoms with van der Waals surface area (Å²) in [6.45, 7) is 6.12. The van der Waals surface area contributed by atoms with Gasteiger partial charge in [0.15, 0.2) is 23.0 Å². The summed E-state index contributed by atoms with van der Waals surface area (Å²) < 4.78 is 33.7. The Hall–Kier alpha value is -3.09. The lowest BCUT2D eigenvalue weighted by Gasteiger charge is -2.32. The predicted molar refractivity (Wildman–Crippen MR) is 103 cm³/mol. The molecule has 3 aliphatic rings. The molecule has 1 aliphatic carbocycles. The van der Waals surface area contributed by atoms with Crippen LogP contribution in [0.25, 0.3) is 0 Å². The minimum Gasteiger partial charge on any atom is -0.493 e. The van der Waals surface area contributed by atoms with Gasteiger partial charge in [-0.2, -0.15) is 0 Å². The molecule has 7 nitrogen and oxygen atoms in total. The highest BCUT2D eigenvalue weighted by atomic mass is 16.7. The Balaban J connectivity index is 1.86. The van der Waals surface area contributed by atoms with Gasteiger partial charge in [0.1, 0.15) is 6.10 Å². The van der Waals surface area contributed by atoms with Crippen LogP contribution in [-0.2, 0) is 19.0 Å². The van der Waals surface area contributed by atoms with Crippen LogP contribution < -0.4 is 14.2 Å². The first-order chi connectivity index (χ1) is 14.0. The first kappa shape index (κ1) is 19.2. The van der Waals surface area contributed by atoms with Crippen molar-refractivity contribution in [1.82, 2.24) is 0 Å². The van der Waals surface area contributed by atoms with Crippen LogP contribution in [0.1, 0.15) is 25.0 Å². The topological polar surface area (TPSA) is 72.5 Å². The monoisotopic (exact) mass is 400 g/mol. The molecule has 4 rings (SSSR count). The Bertz CT molecular complexity index is 929. The second-order valence-electron chi connectivity index (χ2n) is 7.22. The normalized spacial score (nSPS) is 27.2. The number of carbonyl (C=O) groups excluding carboxylic acids is 1. The number of fused-ring (bicyclic) bond motifs is 2. The maximum atomic E-state index is 12.7. The predicted octanol–water partition coefficient (Wildman–Crippen LogP) is 3.66. The molecule has 0 amide bonds. The van der Waals surface area contributed by atoms with E-state index in [0.717, 1.165) is 5.56 Å². The van der Waals surface area contributed by atoms with E-state index in [2.05, 4.69) is 13.5 Å². The third kappa shape index (κ3) is 2.68. The number of benzene rings is 1. The molecule has 0 unspecified atom stereocenters. The summed E-state index contributed by atoms with van der Waals surface area (Å²) in [4.78, 5) is 12.7. The number of ketones is 1. The highest BCUT2D eigenvalue weighted by Crippen LogP contribution is 2.60. The molecule has 7 heteroatoms. The molecule has 0 saturated carbocycles. The molecule has 1 aromatic rings. The number of hydrogen-bond donors (Lipinski definition) is 0. The summed E-state index contributed by atoms with van der Waals surface area (Å²) in [5.41, 5.74) is 0.250. The number of rotatable bonds is 6. The zero-order valence-electron chi connectivity index (χ0n) is 16.9. The fraction of sp³-hybridized carbons (Fsp3) is 0.409. The molecule has 0 spiro atoms. The van der Waals surface area contributed by atoms with E-state index in [1.807, 2.05) is 24.3 Å². The van der Waals surface area contributed by atoms with Gasteiger partial charge in [0, 0.05) is 11.5 Å². The summed E-state index contributed by atoms with van der Waals surface area (Å²) in [5.74, 6) is 2.27. The van der Waals surface area contributed by atoms with Crippen molar-refractivity contribution in [3.05, 3.63) is 53.7 Å². The van der Waals surface area contributed by atoms with E-state index in [4.69, 9.17) is 28.4 Å². The van der Waals surface area contributed by atoms with Crippen LogP contribution in [0.5, 0.6) is 17.2 Å². The van der Waals surface area contributed by atoms with Gasteiger partial charge in [-0.05, 0) is 24.6 Å². The first-order valence-corrected chi connectivity index (χ1v) is 9.36. The standard InChI is InChI=1S/C22H24O7/c1-6-7-22-10-16(25-4)17(23)20(26-5)21(22)29-18(12(22)2)13-8-14(24-3)19-15(9-13)27-11-28-19/h6,8-10,12,18H,1,7,11H2,2-5H3/t12-,18-,22-/m1/s1. The molecular weight excluding hydrogens is 376 g/mol. The summed E-state index contributed by atoms with van der Waals surface area (Å²) in [6, 6.07) is 3.77. The van der Waals surface area contributed by atoms with Crippen molar-refractivity contribution in [3.8, 4) is 17.2 Å². The van der Waals surface area contributed by atoms with E-state index in [-0.39, 0.29) is 36.1 Å². The van der Waals surface area contributed by atoms with Crippen LogP contribution in [0.3, 0.4) is 0 Å². The van der Waals surface area contributed by atoms with Crippen molar-refractivity contribution in [3.63, 3.8) is 0 Å². The number of methoxy groups -OCH3 is 3. The van der Waals surface area contributed by atoms with Gasteiger partial charge < -0.3 is 28.4 Å². The molecular formula is C22H24O7. The Morgan fingerprint density at radius 2 is 2.00 bits per heavy atom. The van der Waals surface area contributed by atoms with Gasteiger partial charge in [-0.1, -0.05) is 13.0 Å². The minimum absolute atomic E-state index is 0.0519. The van der Waals surface area contributed by atoms with E-state index >= 15 is 0 Å². The molecule has 3 atom stereocenters. The van der Waals surface area contributed by atoms with Crippen LogP contribution in [-0.4, -0.2) is 33.9 Å². The van der Waals surface area contributed by atoms with Crippen molar-refractivity contribution in [2.45, 2.75) is 19.4 Å². The average Bonchev–Trinajstić information content (AvgIpc) is 3.31. The summed E-state index contributed by atoms with van der Waals surface area (Å²) >= 11 is 0. The van der Waals surface area contributed by atoms with Crippen LogP contribution in [0.2, 0.25) is 0 Å². The van der Waals surface area contributed by atoms with Crippen LogP contribution in [0.4, 0.5) is 0 Å². The Kier molecular flexibility index (Phi) is 4.68. The molecule has 0 N–H and O–H groups in total. The third-order valence-electron chi connectivity index (χ3n) is 5.87. The molecule has 154 valence electrons. The second-order valence-corrected chi connectivity index (χ2v) is 7.22. The lowest BCUT2D eigenvalue weighted by molar-refractivity contribution is -0.119. The first-order valence-electron chi connectivity index (χ1n) is 9.36. The number of Topliss-reactive ketones (excluding diaryl/α,β-unsaturated/α-hetero) is 1. The maximum Gasteiger partial charge on any atom is 0.265 e. The van der Waals surface area contributed by atoms with Crippen molar-refractivity contribution >= 4 is 5.78 Å². The summed E-state index contributed by atoms with van der Waals surface area (Å²) in [7, 11) is 4.52. The molecule has 0 aromatic heterocycles. The van der Waals surface area contributed by atoms with Gasteiger partial charge in [0.05, 0.1) is 26.7 Å². The Morgan fingerprint density at radius 1 is 1.21 bits per heavy atom. The van der Waals surface area contributed by atoms with Gasteiger partial charge in [0.2, 0.25) is 18.3 Å². The molecule has 1 aromatic carbocycles. The lowest BCUT2D eigenvalue weighted by atomic mass is 9.68. The third-order valence-corrected chi connectivity index (χ3v) is 5.87. The number of hydrogen-bond acceptors (Lipinski definition) is 7. The van der Waals surface area contributed by atoms with E-state index < -0.39 is 5.41 Å². The molecule has 1 fully saturated rings. The van der Waals surface area contributed by atoms with Crippen LogP contribution in [0.15, 0.2) is 48.1 Å². The van der Waals surface area contributed by atoms with Crippen molar-refractivity contribution in [2.75, 3.05) is 28.1 Å².